The molecule has 1 aliphatic heterocycles. The van der Waals surface area contributed by atoms with E-state index in [1.165, 1.54) is 4.57 Å². The van der Waals surface area contributed by atoms with Crippen LogP contribution in [0.15, 0.2) is 10.2 Å². The van der Waals surface area contributed by atoms with Crippen LogP contribution >= 0.6 is 11.3 Å². The van der Waals surface area contributed by atoms with Crippen molar-refractivity contribution in [3.05, 3.63) is 20.7 Å². The van der Waals surface area contributed by atoms with Crippen molar-refractivity contribution in [2.24, 2.45) is 0 Å². The van der Waals surface area contributed by atoms with E-state index in [2.05, 4.69) is 0 Å². The van der Waals surface area contributed by atoms with Crippen molar-refractivity contribution >= 4 is 23.2 Å². The number of nitrogens with zero attached hydrogens (tertiary/aromatic N) is 3. The summed E-state index contributed by atoms with van der Waals surface area (Å²) >= 11 is 1.10. The smallest absolute Gasteiger partial charge is 0.307 e. The van der Waals surface area contributed by atoms with Crippen LogP contribution in [-0.2, 0) is 16.1 Å². The van der Waals surface area contributed by atoms with Crippen molar-refractivity contribution in [2.75, 3.05) is 32.7 Å². The average Bonchev–Trinajstić information content (AvgIpc) is 2.77. The van der Waals surface area contributed by atoms with Crippen molar-refractivity contribution in [3.8, 4) is 0 Å². The number of carbonyl (C=O) groups excluding carboxylic acids is 1. The molecule has 116 valence electrons. The minimum absolute atomic E-state index is 0.0588. The molecule has 1 aromatic heterocycles. The molecule has 0 spiro atoms. The van der Waals surface area contributed by atoms with Gasteiger partial charge >= 0.3 is 10.8 Å². The molecular formula is C13H19N3O4S. The molecule has 2 heterocycles. The number of amides is 1. The maximum absolute atomic E-state index is 12.2. The van der Waals surface area contributed by atoms with Gasteiger partial charge in [0.2, 0.25) is 5.91 Å². The Bertz CT molecular complexity index is 572. The number of aromatic nitrogens is 1. The first kappa shape index (κ1) is 15.7. The van der Waals surface area contributed by atoms with Crippen LogP contribution in [0.1, 0.15) is 12.1 Å². The summed E-state index contributed by atoms with van der Waals surface area (Å²) in [5.74, 6) is -0.864. The minimum Gasteiger partial charge on any atom is -0.481 e. The molecule has 0 saturated carbocycles. The van der Waals surface area contributed by atoms with Crippen LogP contribution in [-0.4, -0.2) is 64.1 Å². The molecular weight excluding hydrogens is 294 g/mol. The Morgan fingerprint density at radius 1 is 1.29 bits per heavy atom. The van der Waals surface area contributed by atoms with E-state index < -0.39 is 5.97 Å². The van der Waals surface area contributed by atoms with Gasteiger partial charge in [0.05, 0.1) is 6.42 Å². The predicted octanol–water partition coefficient (Wildman–Crippen LogP) is -0.163. The zero-order chi connectivity index (χ0) is 15.4. The van der Waals surface area contributed by atoms with Crippen LogP contribution in [0.3, 0.4) is 0 Å². The molecule has 0 atom stereocenters. The summed E-state index contributed by atoms with van der Waals surface area (Å²) < 4.78 is 1.49. The molecule has 7 nitrogen and oxygen atoms in total. The fraction of sp³-hybridized carbons (Fsp3) is 0.615. The van der Waals surface area contributed by atoms with Gasteiger partial charge in [0.1, 0.15) is 6.54 Å². The fourth-order valence-electron chi connectivity index (χ4n) is 2.31. The van der Waals surface area contributed by atoms with Crippen molar-refractivity contribution < 1.29 is 14.7 Å². The van der Waals surface area contributed by atoms with E-state index in [1.807, 2.05) is 11.8 Å². The Morgan fingerprint density at radius 2 is 1.95 bits per heavy atom. The van der Waals surface area contributed by atoms with Gasteiger partial charge < -0.3 is 10.0 Å². The molecule has 0 bridgehead atoms. The first-order valence-corrected chi connectivity index (χ1v) is 7.72. The number of aryl methyl sites for hydroxylation is 1. The number of rotatable bonds is 5. The molecule has 1 N–H and O–H groups in total. The summed E-state index contributed by atoms with van der Waals surface area (Å²) in [6, 6.07) is 0. The Kier molecular flexibility index (Phi) is 5.13. The third kappa shape index (κ3) is 4.15. The van der Waals surface area contributed by atoms with Gasteiger partial charge in [0.25, 0.3) is 0 Å². The Labute approximate surface area is 126 Å². The number of hydrogen-bond acceptors (Lipinski definition) is 5. The van der Waals surface area contributed by atoms with Gasteiger partial charge in [-0.1, -0.05) is 11.3 Å². The summed E-state index contributed by atoms with van der Waals surface area (Å²) in [6.45, 7) is 4.93. The maximum Gasteiger partial charge on any atom is 0.307 e. The zero-order valence-electron chi connectivity index (χ0n) is 11.9. The van der Waals surface area contributed by atoms with Crippen LogP contribution in [0.4, 0.5) is 0 Å². The monoisotopic (exact) mass is 313 g/mol. The number of hydrogen-bond donors (Lipinski definition) is 1. The summed E-state index contributed by atoms with van der Waals surface area (Å²) in [6.07, 6.45) is 0.122. The molecule has 21 heavy (non-hydrogen) atoms. The molecule has 1 fully saturated rings. The normalized spacial score (nSPS) is 16.1. The van der Waals surface area contributed by atoms with Crippen LogP contribution in [0.25, 0.3) is 0 Å². The van der Waals surface area contributed by atoms with E-state index in [0.717, 1.165) is 17.0 Å². The standard InChI is InChI=1S/C13H19N3O4S/c1-10-9-21-13(20)16(10)8-11(17)15-6-4-14(5-7-15)3-2-12(18)19/h9H,2-8H2,1H3,(H,18,19). The molecule has 1 amide bonds. The quantitative estimate of drug-likeness (QED) is 0.816. The number of carboxylic acid groups (broad SMARTS) is 1. The van der Waals surface area contributed by atoms with Crippen molar-refractivity contribution in [1.82, 2.24) is 14.4 Å². The number of piperazine rings is 1. The van der Waals surface area contributed by atoms with E-state index in [1.54, 1.807) is 10.3 Å². The summed E-state index contributed by atoms with van der Waals surface area (Å²) in [5, 5.41) is 10.4. The second-order valence-corrected chi connectivity index (χ2v) is 5.92. The van der Waals surface area contributed by atoms with Crippen LogP contribution in [0.5, 0.6) is 0 Å². The SMILES string of the molecule is Cc1csc(=O)n1CC(=O)N1CCN(CCC(=O)O)CC1. The molecule has 1 saturated heterocycles. The van der Waals surface area contributed by atoms with E-state index in [9.17, 15) is 14.4 Å². The second kappa shape index (κ2) is 6.86. The molecule has 2 rings (SSSR count). The van der Waals surface area contributed by atoms with Crippen LogP contribution in [0, 0.1) is 6.92 Å². The number of aliphatic carboxylic acids is 1. The molecule has 1 aromatic rings. The highest BCUT2D eigenvalue weighted by atomic mass is 32.1. The number of carbonyl (C=O) groups is 2. The summed E-state index contributed by atoms with van der Waals surface area (Å²) in [5.41, 5.74) is 0.804. The molecule has 0 radical (unpaired) electrons. The van der Waals surface area contributed by atoms with Crippen molar-refractivity contribution in [3.63, 3.8) is 0 Å². The van der Waals surface area contributed by atoms with Gasteiger partial charge in [-0.05, 0) is 6.92 Å². The lowest BCUT2D eigenvalue weighted by Crippen LogP contribution is -2.50. The third-order valence-corrected chi connectivity index (χ3v) is 4.52. The zero-order valence-corrected chi connectivity index (χ0v) is 12.8. The predicted molar refractivity (Wildman–Crippen MR) is 78.6 cm³/mol. The third-order valence-electron chi connectivity index (χ3n) is 3.64. The first-order valence-electron chi connectivity index (χ1n) is 6.84. The molecule has 0 unspecified atom stereocenters. The Hall–Kier alpha value is -1.67. The Balaban J connectivity index is 1.83. The molecule has 0 aliphatic carbocycles. The second-order valence-electron chi connectivity index (χ2n) is 5.10. The maximum atomic E-state index is 12.2. The van der Waals surface area contributed by atoms with Gasteiger partial charge in [0, 0.05) is 43.8 Å². The highest BCUT2D eigenvalue weighted by Crippen LogP contribution is 2.06. The summed E-state index contributed by atoms with van der Waals surface area (Å²) in [7, 11) is 0. The lowest BCUT2D eigenvalue weighted by atomic mass is 10.3. The topological polar surface area (TPSA) is 82.9 Å². The molecule has 8 heteroatoms. The lowest BCUT2D eigenvalue weighted by molar-refractivity contribution is -0.138. The van der Waals surface area contributed by atoms with E-state index >= 15 is 0 Å². The van der Waals surface area contributed by atoms with E-state index in [-0.39, 0.29) is 23.7 Å². The largest absolute Gasteiger partial charge is 0.481 e. The van der Waals surface area contributed by atoms with E-state index in [0.29, 0.717) is 32.7 Å². The highest BCUT2D eigenvalue weighted by Gasteiger charge is 2.22. The van der Waals surface area contributed by atoms with Crippen molar-refractivity contribution in [1.29, 1.82) is 0 Å². The Morgan fingerprint density at radius 3 is 2.48 bits per heavy atom. The molecule has 1 aliphatic rings. The van der Waals surface area contributed by atoms with Crippen LogP contribution < -0.4 is 4.87 Å². The highest BCUT2D eigenvalue weighted by molar-refractivity contribution is 7.07. The van der Waals surface area contributed by atoms with Gasteiger partial charge in [-0.3, -0.25) is 23.9 Å². The molecule has 0 aromatic carbocycles. The number of carboxylic acids is 1. The van der Waals surface area contributed by atoms with E-state index in [4.69, 9.17) is 5.11 Å². The van der Waals surface area contributed by atoms with Gasteiger partial charge in [0.15, 0.2) is 0 Å². The fourth-order valence-corrected chi connectivity index (χ4v) is 3.04. The van der Waals surface area contributed by atoms with Gasteiger partial charge in [-0.25, -0.2) is 0 Å². The van der Waals surface area contributed by atoms with Crippen molar-refractivity contribution in [2.45, 2.75) is 19.9 Å². The summed E-state index contributed by atoms with van der Waals surface area (Å²) in [4.78, 5) is 38.0. The lowest BCUT2D eigenvalue weighted by Gasteiger charge is -2.34. The average molecular weight is 313 g/mol. The number of thiazole rings is 1. The van der Waals surface area contributed by atoms with Crippen LogP contribution in [0.2, 0.25) is 0 Å². The minimum atomic E-state index is -0.805. The first-order chi connectivity index (χ1) is 9.97. The van der Waals surface area contributed by atoms with Gasteiger partial charge in [-0.15, -0.1) is 0 Å². The van der Waals surface area contributed by atoms with Gasteiger partial charge in [-0.2, -0.15) is 0 Å².